The predicted octanol–water partition coefficient (Wildman–Crippen LogP) is 3.27. The molecule has 0 saturated heterocycles. The Bertz CT molecular complexity index is 354. The van der Waals surface area contributed by atoms with Crippen molar-refractivity contribution >= 4 is 0 Å². The molecule has 1 rings (SSSR count). The van der Waals surface area contributed by atoms with Crippen LogP contribution in [0.3, 0.4) is 0 Å². The minimum Gasteiger partial charge on any atom is -0.302 e. The number of rotatable bonds is 4. The molecule has 0 aliphatic carbocycles. The second-order valence-electron chi connectivity index (χ2n) is 3.69. The molecule has 0 spiro atoms. The van der Waals surface area contributed by atoms with Gasteiger partial charge in [0.15, 0.2) is 11.6 Å². The molecule has 0 aromatic heterocycles. The van der Waals surface area contributed by atoms with Gasteiger partial charge in [-0.05, 0) is 31.5 Å². The summed E-state index contributed by atoms with van der Waals surface area (Å²) in [6.07, 6.45) is -2.49. The first-order valence-electron chi connectivity index (χ1n) is 4.91. The smallest absolute Gasteiger partial charge is 0.253 e. The fourth-order valence-corrected chi connectivity index (χ4v) is 1.35. The molecular weight excluding hydrogens is 222 g/mol. The van der Waals surface area contributed by atoms with Crippen molar-refractivity contribution in [1.82, 2.24) is 5.32 Å². The zero-order valence-electron chi connectivity index (χ0n) is 8.98. The molecular formula is C11H13F4N. The summed E-state index contributed by atoms with van der Waals surface area (Å²) in [5.41, 5.74) is 0.436. The summed E-state index contributed by atoms with van der Waals surface area (Å²) in [6, 6.07) is 1.90. The molecule has 0 aliphatic rings. The molecule has 0 bridgehead atoms. The Morgan fingerprint density at radius 1 is 1.06 bits per heavy atom. The fraction of sp³-hybridized carbons (Fsp3) is 0.455. The van der Waals surface area contributed by atoms with Gasteiger partial charge < -0.3 is 5.32 Å². The molecule has 16 heavy (non-hydrogen) atoms. The quantitative estimate of drug-likeness (QED) is 0.790. The summed E-state index contributed by atoms with van der Waals surface area (Å²) in [5, 5.41) is 2.60. The van der Waals surface area contributed by atoms with Gasteiger partial charge in [0.05, 0.1) is 6.04 Å². The molecule has 90 valence electrons. The fourth-order valence-electron chi connectivity index (χ4n) is 1.35. The highest BCUT2D eigenvalue weighted by Gasteiger charge is 2.18. The first-order valence-corrected chi connectivity index (χ1v) is 4.91. The molecule has 1 nitrogen and oxygen atoms in total. The van der Waals surface area contributed by atoms with Crippen LogP contribution in [0.2, 0.25) is 0 Å². The number of nitrogens with one attached hydrogen (secondary N) is 1. The number of hydrogen-bond acceptors (Lipinski definition) is 1. The highest BCUT2D eigenvalue weighted by atomic mass is 19.3. The van der Waals surface area contributed by atoms with Gasteiger partial charge in [0.2, 0.25) is 0 Å². The van der Waals surface area contributed by atoms with Gasteiger partial charge in [-0.3, -0.25) is 0 Å². The van der Waals surface area contributed by atoms with Crippen molar-refractivity contribution in [2.24, 2.45) is 0 Å². The van der Waals surface area contributed by atoms with Crippen LogP contribution in [-0.2, 0) is 0 Å². The maximum absolute atomic E-state index is 12.9. The van der Waals surface area contributed by atoms with Crippen LogP contribution in [0.15, 0.2) is 18.2 Å². The Kier molecular flexibility index (Phi) is 4.29. The van der Waals surface area contributed by atoms with E-state index in [2.05, 4.69) is 5.32 Å². The lowest BCUT2D eigenvalue weighted by atomic mass is 10.1. The molecule has 1 aromatic carbocycles. The Morgan fingerprint density at radius 2 is 1.69 bits per heavy atom. The van der Waals surface area contributed by atoms with E-state index >= 15 is 0 Å². The third kappa shape index (κ3) is 3.20. The predicted molar refractivity (Wildman–Crippen MR) is 53.4 cm³/mol. The van der Waals surface area contributed by atoms with E-state index in [0.29, 0.717) is 5.56 Å². The van der Waals surface area contributed by atoms with Crippen molar-refractivity contribution in [3.63, 3.8) is 0 Å². The minimum absolute atomic E-state index is 0.436. The van der Waals surface area contributed by atoms with Gasteiger partial charge in [-0.1, -0.05) is 6.07 Å². The van der Waals surface area contributed by atoms with Crippen LogP contribution in [-0.4, -0.2) is 12.5 Å². The normalized spacial score (nSPS) is 15.2. The van der Waals surface area contributed by atoms with Crippen LogP contribution in [0.1, 0.15) is 25.5 Å². The monoisotopic (exact) mass is 235 g/mol. The van der Waals surface area contributed by atoms with Gasteiger partial charge >= 0.3 is 0 Å². The van der Waals surface area contributed by atoms with Crippen molar-refractivity contribution < 1.29 is 17.6 Å². The molecule has 0 amide bonds. The van der Waals surface area contributed by atoms with E-state index < -0.39 is 30.1 Å². The summed E-state index contributed by atoms with van der Waals surface area (Å²) in [4.78, 5) is 0. The number of hydrogen-bond donors (Lipinski definition) is 1. The van der Waals surface area contributed by atoms with E-state index in [1.807, 2.05) is 0 Å². The SMILES string of the molecule is CC(NC(C)C(F)F)c1ccc(F)c(F)c1. The lowest BCUT2D eigenvalue weighted by Crippen LogP contribution is -2.34. The van der Waals surface area contributed by atoms with Crippen LogP contribution in [0.4, 0.5) is 17.6 Å². The van der Waals surface area contributed by atoms with Gasteiger partial charge in [-0.15, -0.1) is 0 Å². The number of benzene rings is 1. The summed E-state index contributed by atoms with van der Waals surface area (Å²) in [6.45, 7) is 2.95. The Balaban J connectivity index is 2.73. The highest BCUT2D eigenvalue weighted by molar-refractivity contribution is 5.20. The topological polar surface area (TPSA) is 12.0 Å². The van der Waals surface area contributed by atoms with Gasteiger partial charge in [-0.2, -0.15) is 0 Å². The zero-order chi connectivity index (χ0) is 12.3. The Labute approximate surface area is 91.5 Å². The van der Waals surface area contributed by atoms with Gasteiger partial charge in [0.25, 0.3) is 6.43 Å². The maximum Gasteiger partial charge on any atom is 0.253 e. The second kappa shape index (κ2) is 5.30. The number of alkyl halides is 2. The summed E-state index contributed by atoms with van der Waals surface area (Å²) >= 11 is 0. The van der Waals surface area contributed by atoms with Gasteiger partial charge in [0, 0.05) is 6.04 Å². The van der Waals surface area contributed by atoms with Crippen LogP contribution >= 0.6 is 0 Å². The van der Waals surface area contributed by atoms with Crippen LogP contribution in [0.25, 0.3) is 0 Å². The van der Waals surface area contributed by atoms with Crippen molar-refractivity contribution in [1.29, 1.82) is 0 Å². The maximum atomic E-state index is 12.9. The summed E-state index contributed by atoms with van der Waals surface area (Å²) < 4.78 is 50.0. The van der Waals surface area contributed by atoms with E-state index in [1.54, 1.807) is 6.92 Å². The third-order valence-electron chi connectivity index (χ3n) is 2.33. The largest absolute Gasteiger partial charge is 0.302 e. The lowest BCUT2D eigenvalue weighted by molar-refractivity contribution is 0.101. The molecule has 0 aliphatic heterocycles. The van der Waals surface area contributed by atoms with E-state index in [-0.39, 0.29) is 0 Å². The third-order valence-corrected chi connectivity index (χ3v) is 2.33. The molecule has 2 atom stereocenters. The van der Waals surface area contributed by atoms with E-state index in [4.69, 9.17) is 0 Å². The molecule has 0 radical (unpaired) electrons. The highest BCUT2D eigenvalue weighted by Crippen LogP contribution is 2.17. The van der Waals surface area contributed by atoms with Crippen LogP contribution in [0, 0.1) is 11.6 Å². The molecule has 0 saturated carbocycles. The van der Waals surface area contributed by atoms with Crippen LogP contribution < -0.4 is 5.32 Å². The average Bonchev–Trinajstić information content (AvgIpc) is 2.21. The van der Waals surface area contributed by atoms with E-state index in [1.165, 1.54) is 13.0 Å². The van der Waals surface area contributed by atoms with Crippen molar-refractivity contribution in [2.45, 2.75) is 32.4 Å². The first-order chi connectivity index (χ1) is 7.41. The zero-order valence-corrected chi connectivity index (χ0v) is 8.98. The van der Waals surface area contributed by atoms with E-state index in [0.717, 1.165) is 12.1 Å². The molecule has 0 fully saturated rings. The average molecular weight is 235 g/mol. The summed E-state index contributed by atoms with van der Waals surface area (Å²) in [7, 11) is 0. The standard InChI is InChI=1S/C11H13F4N/c1-6(16-7(2)11(14)15)8-3-4-9(12)10(13)5-8/h3-7,11,16H,1-2H3. The van der Waals surface area contributed by atoms with Gasteiger partial charge in [-0.25, -0.2) is 17.6 Å². The molecule has 2 unspecified atom stereocenters. The van der Waals surface area contributed by atoms with Crippen molar-refractivity contribution in [3.05, 3.63) is 35.4 Å². The molecule has 1 N–H and O–H groups in total. The lowest BCUT2D eigenvalue weighted by Gasteiger charge is -2.19. The second-order valence-corrected chi connectivity index (χ2v) is 3.69. The molecule has 5 heteroatoms. The Hall–Kier alpha value is -1.10. The first kappa shape index (κ1) is 13.0. The minimum atomic E-state index is -2.49. The number of halogens is 4. The molecule has 1 aromatic rings. The Morgan fingerprint density at radius 3 is 2.19 bits per heavy atom. The summed E-state index contributed by atoms with van der Waals surface area (Å²) in [5.74, 6) is -1.92. The van der Waals surface area contributed by atoms with E-state index in [9.17, 15) is 17.6 Å². The van der Waals surface area contributed by atoms with Crippen molar-refractivity contribution in [2.75, 3.05) is 0 Å². The van der Waals surface area contributed by atoms with Crippen molar-refractivity contribution in [3.8, 4) is 0 Å². The van der Waals surface area contributed by atoms with Crippen LogP contribution in [0.5, 0.6) is 0 Å². The molecule has 0 heterocycles. The van der Waals surface area contributed by atoms with Gasteiger partial charge in [0.1, 0.15) is 0 Å².